The lowest BCUT2D eigenvalue weighted by atomic mass is 9.74. The van der Waals surface area contributed by atoms with Crippen molar-refractivity contribution in [3.8, 4) is 0 Å². The van der Waals surface area contributed by atoms with E-state index in [9.17, 15) is 14.4 Å². The molecule has 0 aromatic heterocycles. The van der Waals surface area contributed by atoms with Crippen LogP contribution in [0, 0.1) is 11.8 Å². The Kier molecular flexibility index (Phi) is 14.2. The number of unbranched alkanes of at least 4 members (excludes halogenated alkanes) is 5. The SMILES string of the molecule is CCCCC[C@@H](/C=C/[C@@H]1[C@@H](CCCCCCC(=O)OC)C2(C[C@H]1OC(C)=O)OCC(c1ccccc1)(c1ccccc1)CO2)OC(C)=O. The molecule has 4 atom stereocenters. The van der Waals surface area contributed by atoms with Crippen LogP contribution in [0.5, 0.6) is 0 Å². The molecule has 1 saturated heterocycles. The van der Waals surface area contributed by atoms with E-state index < -0.39 is 17.3 Å². The summed E-state index contributed by atoms with van der Waals surface area (Å²) in [5.41, 5.74) is 1.74. The van der Waals surface area contributed by atoms with E-state index in [-0.39, 0.29) is 35.8 Å². The van der Waals surface area contributed by atoms with E-state index in [1.54, 1.807) is 0 Å². The number of methoxy groups -OCH3 is 1. The van der Waals surface area contributed by atoms with Gasteiger partial charge in [0.2, 0.25) is 0 Å². The van der Waals surface area contributed by atoms with E-state index in [1.807, 2.05) is 42.5 Å². The number of benzene rings is 2. The second-order valence-electron chi connectivity index (χ2n) is 13.3. The van der Waals surface area contributed by atoms with Gasteiger partial charge in [0, 0.05) is 38.5 Å². The molecule has 0 radical (unpaired) electrons. The predicted molar refractivity (Wildman–Crippen MR) is 184 cm³/mol. The molecule has 1 aliphatic heterocycles. The third-order valence-electron chi connectivity index (χ3n) is 9.87. The first-order valence-electron chi connectivity index (χ1n) is 17.7. The summed E-state index contributed by atoms with van der Waals surface area (Å²) < 4.78 is 30.5. The number of hydrogen-bond acceptors (Lipinski definition) is 8. The number of hydrogen-bond donors (Lipinski definition) is 0. The Hall–Kier alpha value is -3.49. The lowest BCUT2D eigenvalue weighted by Crippen LogP contribution is -2.54. The fraction of sp³-hybridized carbons (Fsp3) is 0.575. The number of ether oxygens (including phenoxy) is 5. The summed E-state index contributed by atoms with van der Waals surface area (Å²) >= 11 is 0. The third kappa shape index (κ3) is 9.79. The van der Waals surface area contributed by atoms with Gasteiger partial charge in [-0.1, -0.05) is 106 Å². The molecule has 48 heavy (non-hydrogen) atoms. The largest absolute Gasteiger partial charge is 0.469 e. The van der Waals surface area contributed by atoms with Gasteiger partial charge < -0.3 is 23.7 Å². The van der Waals surface area contributed by atoms with Gasteiger partial charge in [-0.05, 0) is 42.9 Å². The highest BCUT2D eigenvalue weighted by molar-refractivity contribution is 5.69. The average molecular weight is 663 g/mol. The quantitative estimate of drug-likeness (QED) is 0.0731. The van der Waals surface area contributed by atoms with E-state index in [0.717, 1.165) is 68.9 Å². The average Bonchev–Trinajstić information content (AvgIpc) is 3.36. The van der Waals surface area contributed by atoms with E-state index >= 15 is 0 Å². The molecule has 0 N–H and O–H groups in total. The van der Waals surface area contributed by atoms with E-state index in [0.29, 0.717) is 26.1 Å². The van der Waals surface area contributed by atoms with Gasteiger partial charge in [-0.25, -0.2) is 0 Å². The van der Waals surface area contributed by atoms with Crippen molar-refractivity contribution in [3.63, 3.8) is 0 Å². The van der Waals surface area contributed by atoms with Crippen molar-refractivity contribution in [2.75, 3.05) is 20.3 Å². The Bertz CT molecular complexity index is 1270. The minimum Gasteiger partial charge on any atom is -0.469 e. The normalized spacial score (nSPS) is 22.0. The topological polar surface area (TPSA) is 97.4 Å². The van der Waals surface area contributed by atoms with Gasteiger partial charge in [-0.2, -0.15) is 0 Å². The molecule has 2 aliphatic rings. The predicted octanol–water partition coefficient (Wildman–Crippen LogP) is 7.87. The van der Waals surface area contributed by atoms with E-state index in [2.05, 4.69) is 37.3 Å². The molecule has 0 unspecified atom stereocenters. The number of rotatable bonds is 17. The summed E-state index contributed by atoms with van der Waals surface area (Å²) in [5.74, 6) is -2.14. The van der Waals surface area contributed by atoms with Crippen molar-refractivity contribution in [2.24, 2.45) is 11.8 Å². The van der Waals surface area contributed by atoms with Crippen molar-refractivity contribution >= 4 is 17.9 Å². The van der Waals surface area contributed by atoms with Crippen molar-refractivity contribution in [1.82, 2.24) is 0 Å². The summed E-state index contributed by atoms with van der Waals surface area (Å²) in [6.07, 6.45) is 12.1. The molecule has 2 fully saturated rings. The maximum Gasteiger partial charge on any atom is 0.305 e. The second-order valence-corrected chi connectivity index (χ2v) is 13.3. The molecular weight excluding hydrogens is 608 g/mol. The van der Waals surface area contributed by atoms with Gasteiger partial charge in [0.05, 0.1) is 25.7 Å². The smallest absolute Gasteiger partial charge is 0.305 e. The van der Waals surface area contributed by atoms with Gasteiger partial charge >= 0.3 is 17.9 Å². The molecule has 1 heterocycles. The zero-order valence-corrected chi connectivity index (χ0v) is 29.2. The summed E-state index contributed by atoms with van der Waals surface area (Å²) in [6, 6.07) is 20.7. The monoisotopic (exact) mass is 662 g/mol. The molecule has 1 aliphatic carbocycles. The van der Waals surface area contributed by atoms with Gasteiger partial charge in [-0.15, -0.1) is 0 Å². The molecule has 4 rings (SSSR count). The Morgan fingerprint density at radius 2 is 1.48 bits per heavy atom. The van der Waals surface area contributed by atoms with Crippen LogP contribution in [-0.4, -0.2) is 56.2 Å². The van der Waals surface area contributed by atoms with Crippen LogP contribution in [0.2, 0.25) is 0 Å². The minimum absolute atomic E-state index is 0.114. The fourth-order valence-electron chi connectivity index (χ4n) is 7.39. The van der Waals surface area contributed by atoms with Crippen LogP contribution in [0.15, 0.2) is 72.8 Å². The lowest BCUT2D eigenvalue weighted by molar-refractivity contribution is -0.304. The van der Waals surface area contributed by atoms with Crippen molar-refractivity contribution in [2.45, 2.75) is 115 Å². The summed E-state index contributed by atoms with van der Waals surface area (Å²) in [7, 11) is 1.42. The van der Waals surface area contributed by atoms with Crippen LogP contribution in [0.3, 0.4) is 0 Å². The zero-order chi connectivity index (χ0) is 34.4. The van der Waals surface area contributed by atoms with Gasteiger partial charge in [-0.3, -0.25) is 14.4 Å². The molecule has 2 aromatic rings. The first-order valence-corrected chi connectivity index (χ1v) is 17.7. The van der Waals surface area contributed by atoms with Crippen LogP contribution >= 0.6 is 0 Å². The van der Waals surface area contributed by atoms with Crippen LogP contribution in [0.25, 0.3) is 0 Å². The molecule has 8 heteroatoms. The van der Waals surface area contributed by atoms with Crippen LogP contribution in [0.4, 0.5) is 0 Å². The fourth-order valence-corrected chi connectivity index (χ4v) is 7.39. The Morgan fingerprint density at radius 3 is 2.04 bits per heavy atom. The Balaban J connectivity index is 1.63. The standard InChI is InChI=1S/C40H54O8/c1-5-6-11-22-34(47-30(2)41)25-26-35-36(23-16-7-8-17-24-38(43)44-4)40(27-37(35)48-31(3)42)45-28-39(29-46-40,32-18-12-9-13-19-32)33-20-14-10-15-21-33/h9-10,12-15,18-21,25-26,34-37H,5-8,11,16-17,22-24,27-29H2,1-4H3/b26-25+/t34-,35+,36+,37+/m0/s1. The van der Waals surface area contributed by atoms with Gasteiger partial charge in [0.25, 0.3) is 0 Å². The number of esters is 3. The highest BCUT2D eigenvalue weighted by Gasteiger charge is 2.59. The molecule has 262 valence electrons. The second kappa shape index (κ2) is 18.3. The summed E-state index contributed by atoms with van der Waals surface area (Å²) in [5, 5.41) is 0. The summed E-state index contributed by atoms with van der Waals surface area (Å²) in [6.45, 7) is 5.84. The summed E-state index contributed by atoms with van der Waals surface area (Å²) in [4.78, 5) is 36.0. The van der Waals surface area contributed by atoms with E-state index in [1.165, 1.54) is 21.0 Å². The van der Waals surface area contributed by atoms with Gasteiger partial charge in [0.1, 0.15) is 12.2 Å². The molecular formula is C40H54O8. The number of carbonyl (C=O) groups excluding carboxylic acids is 3. The van der Waals surface area contributed by atoms with Crippen LogP contribution in [0.1, 0.15) is 103 Å². The Morgan fingerprint density at radius 1 is 0.854 bits per heavy atom. The van der Waals surface area contributed by atoms with Gasteiger partial charge in [0.15, 0.2) is 5.79 Å². The van der Waals surface area contributed by atoms with Crippen molar-refractivity contribution in [1.29, 1.82) is 0 Å². The molecule has 1 saturated carbocycles. The molecule has 2 aromatic carbocycles. The Labute approximate surface area is 286 Å². The molecule has 8 nitrogen and oxygen atoms in total. The van der Waals surface area contributed by atoms with E-state index in [4.69, 9.17) is 23.7 Å². The lowest BCUT2D eigenvalue weighted by Gasteiger charge is -2.48. The molecule has 0 bridgehead atoms. The minimum atomic E-state index is -0.965. The third-order valence-corrected chi connectivity index (χ3v) is 9.87. The maximum atomic E-state index is 12.4. The van der Waals surface area contributed by atoms with Crippen LogP contribution < -0.4 is 0 Å². The first kappa shape index (κ1) is 37.3. The van der Waals surface area contributed by atoms with Crippen LogP contribution in [-0.2, 0) is 43.5 Å². The first-order chi connectivity index (χ1) is 23.2. The highest BCUT2D eigenvalue weighted by Crippen LogP contribution is 2.52. The van der Waals surface area contributed by atoms with Crippen molar-refractivity contribution < 1.29 is 38.1 Å². The highest BCUT2D eigenvalue weighted by atomic mass is 16.7. The number of carbonyl (C=O) groups is 3. The molecule has 0 amide bonds. The maximum absolute atomic E-state index is 12.4. The zero-order valence-electron chi connectivity index (χ0n) is 29.2. The molecule has 1 spiro atoms. The van der Waals surface area contributed by atoms with Crippen molar-refractivity contribution in [3.05, 3.63) is 83.9 Å².